The van der Waals surface area contributed by atoms with Gasteiger partial charge < -0.3 is 20.9 Å². The number of likely N-dealkylation sites (tertiary alicyclic amines) is 2. The van der Waals surface area contributed by atoms with Crippen molar-refractivity contribution >= 4 is 17.5 Å². The fourth-order valence-corrected chi connectivity index (χ4v) is 3.87. The quantitative estimate of drug-likeness (QED) is 0.600. The lowest BCUT2D eigenvalue weighted by molar-refractivity contribution is -0.126. The van der Waals surface area contributed by atoms with Crippen LogP contribution in [0.1, 0.15) is 42.5 Å². The van der Waals surface area contributed by atoms with Crippen LogP contribution in [0.25, 0.3) is 0 Å². The van der Waals surface area contributed by atoms with E-state index in [9.17, 15) is 9.59 Å². The highest BCUT2D eigenvalue weighted by atomic mass is 16.2. The van der Waals surface area contributed by atoms with Gasteiger partial charge in [-0.2, -0.15) is 0 Å². The molecule has 0 saturated carbocycles. The summed E-state index contributed by atoms with van der Waals surface area (Å²) in [5, 5.41) is 3.07. The van der Waals surface area contributed by atoms with E-state index >= 15 is 0 Å². The van der Waals surface area contributed by atoms with E-state index < -0.39 is 0 Å². The topological polar surface area (TPSA) is 78.7 Å². The number of carbonyl (C=O) groups excluding carboxylic acids is 2. The van der Waals surface area contributed by atoms with E-state index in [-0.39, 0.29) is 17.7 Å². The zero-order valence-corrected chi connectivity index (χ0v) is 15.5. The van der Waals surface area contributed by atoms with Crippen LogP contribution < -0.4 is 11.1 Å². The van der Waals surface area contributed by atoms with Gasteiger partial charge in [-0.15, -0.1) is 0 Å². The zero-order valence-electron chi connectivity index (χ0n) is 15.5. The molecule has 1 aromatic carbocycles. The Morgan fingerprint density at radius 3 is 2.46 bits per heavy atom. The van der Waals surface area contributed by atoms with Gasteiger partial charge in [-0.1, -0.05) is 12.1 Å². The number of rotatable bonds is 6. The fraction of sp³-hybridized carbons (Fsp3) is 0.600. The van der Waals surface area contributed by atoms with Crippen LogP contribution in [-0.4, -0.2) is 60.9 Å². The van der Waals surface area contributed by atoms with E-state index in [0.717, 1.165) is 32.4 Å². The van der Waals surface area contributed by atoms with Crippen LogP contribution in [0.2, 0.25) is 0 Å². The molecule has 0 radical (unpaired) electrons. The Kier molecular flexibility index (Phi) is 6.50. The number of para-hydroxylation sites is 1. The first-order chi connectivity index (χ1) is 12.6. The zero-order chi connectivity index (χ0) is 18.4. The lowest BCUT2D eigenvalue weighted by atomic mass is 9.95. The third kappa shape index (κ3) is 4.75. The first-order valence-electron chi connectivity index (χ1n) is 9.79. The number of hydrogen-bond donors (Lipinski definition) is 2. The van der Waals surface area contributed by atoms with Crippen molar-refractivity contribution in [2.75, 3.05) is 45.0 Å². The molecule has 3 N–H and O–H groups in total. The average Bonchev–Trinajstić information content (AvgIpc) is 3.18. The number of nitrogen functional groups attached to an aromatic ring is 1. The first kappa shape index (κ1) is 18.7. The van der Waals surface area contributed by atoms with Gasteiger partial charge in [0.25, 0.3) is 5.91 Å². The summed E-state index contributed by atoms with van der Waals surface area (Å²) in [4.78, 5) is 29.2. The van der Waals surface area contributed by atoms with Crippen LogP contribution in [0.5, 0.6) is 0 Å². The Morgan fingerprint density at radius 1 is 1.08 bits per heavy atom. The van der Waals surface area contributed by atoms with Gasteiger partial charge in [0.1, 0.15) is 0 Å². The molecule has 6 nitrogen and oxygen atoms in total. The Balaban J connectivity index is 1.38. The molecule has 2 heterocycles. The number of anilines is 1. The predicted octanol–water partition coefficient (Wildman–Crippen LogP) is 1.72. The minimum absolute atomic E-state index is 0.0129. The Morgan fingerprint density at radius 2 is 1.77 bits per heavy atom. The van der Waals surface area contributed by atoms with Gasteiger partial charge in [-0.05, 0) is 63.9 Å². The standard InChI is InChI=1S/C20H30N4O2/c21-18-7-2-1-6-17(18)20(26)24-14-8-16(9-15-24)19(25)22-10-5-13-23-11-3-4-12-23/h1-2,6-7,16H,3-5,8-15,21H2,(H,22,25). The summed E-state index contributed by atoms with van der Waals surface area (Å²) in [5.74, 6) is 0.115. The van der Waals surface area contributed by atoms with Gasteiger partial charge in [0.05, 0.1) is 5.56 Å². The van der Waals surface area contributed by atoms with Gasteiger partial charge in [0, 0.05) is 31.2 Å². The highest BCUT2D eigenvalue weighted by Gasteiger charge is 2.28. The smallest absolute Gasteiger partial charge is 0.255 e. The van der Waals surface area contributed by atoms with E-state index in [1.807, 2.05) is 17.0 Å². The van der Waals surface area contributed by atoms with Gasteiger partial charge in [0.15, 0.2) is 0 Å². The second-order valence-corrected chi connectivity index (χ2v) is 7.35. The van der Waals surface area contributed by atoms with Gasteiger partial charge in [0.2, 0.25) is 5.91 Å². The van der Waals surface area contributed by atoms with Crippen molar-refractivity contribution in [2.24, 2.45) is 5.92 Å². The molecule has 0 bridgehead atoms. The van der Waals surface area contributed by atoms with E-state index in [0.29, 0.717) is 24.3 Å². The number of nitrogens with zero attached hydrogens (tertiary/aromatic N) is 2. The highest BCUT2D eigenvalue weighted by molar-refractivity contribution is 5.99. The molecular weight excluding hydrogens is 328 g/mol. The molecule has 3 rings (SSSR count). The van der Waals surface area contributed by atoms with Crippen LogP contribution in [0, 0.1) is 5.92 Å². The minimum Gasteiger partial charge on any atom is -0.398 e. The Hall–Kier alpha value is -2.08. The molecule has 142 valence electrons. The lowest BCUT2D eigenvalue weighted by Gasteiger charge is -2.31. The number of amides is 2. The minimum atomic E-state index is -0.0347. The summed E-state index contributed by atoms with van der Waals surface area (Å²) in [5.41, 5.74) is 6.96. The van der Waals surface area contributed by atoms with Crippen molar-refractivity contribution in [1.82, 2.24) is 15.1 Å². The molecule has 0 spiro atoms. The monoisotopic (exact) mass is 358 g/mol. The molecule has 2 amide bonds. The maximum atomic E-state index is 12.6. The molecule has 2 saturated heterocycles. The third-order valence-electron chi connectivity index (χ3n) is 5.49. The normalized spacial score (nSPS) is 18.8. The van der Waals surface area contributed by atoms with Crippen molar-refractivity contribution in [2.45, 2.75) is 32.1 Å². The molecule has 2 aliphatic rings. The molecule has 0 aliphatic carbocycles. The molecule has 0 atom stereocenters. The van der Waals surface area contributed by atoms with Crippen molar-refractivity contribution in [3.8, 4) is 0 Å². The average molecular weight is 358 g/mol. The van der Waals surface area contributed by atoms with Gasteiger partial charge >= 0.3 is 0 Å². The molecule has 6 heteroatoms. The van der Waals surface area contributed by atoms with Crippen LogP contribution in [0.3, 0.4) is 0 Å². The molecule has 0 unspecified atom stereocenters. The van der Waals surface area contributed by atoms with Gasteiger partial charge in [-0.25, -0.2) is 0 Å². The molecule has 26 heavy (non-hydrogen) atoms. The van der Waals surface area contributed by atoms with Crippen LogP contribution >= 0.6 is 0 Å². The maximum absolute atomic E-state index is 12.6. The van der Waals surface area contributed by atoms with Crippen molar-refractivity contribution in [3.63, 3.8) is 0 Å². The fourth-order valence-electron chi connectivity index (χ4n) is 3.87. The van der Waals surface area contributed by atoms with Crippen LogP contribution in [-0.2, 0) is 4.79 Å². The second kappa shape index (κ2) is 9.03. The predicted molar refractivity (Wildman–Crippen MR) is 103 cm³/mol. The summed E-state index contributed by atoms with van der Waals surface area (Å²) in [6, 6.07) is 7.16. The molecule has 2 fully saturated rings. The third-order valence-corrected chi connectivity index (χ3v) is 5.49. The lowest BCUT2D eigenvalue weighted by Crippen LogP contribution is -2.43. The molecule has 2 aliphatic heterocycles. The van der Waals surface area contributed by atoms with E-state index in [1.54, 1.807) is 12.1 Å². The number of benzene rings is 1. The maximum Gasteiger partial charge on any atom is 0.255 e. The summed E-state index contributed by atoms with van der Waals surface area (Å²) >= 11 is 0. The van der Waals surface area contributed by atoms with E-state index in [4.69, 9.17) is 5.73 Å². The number of piperidine rings is 1. The Bertz CT molecular complexity index is 620. The first-order valence-corrected chi connectivity index (χ1v) is 9.79. The number of nitrogens with one attached hydrogen (secondary N) is 1. The second-order valence-electron chi connectivity index (χ2n) is 7.35. The summed E-state index contributed by atoms with van der Waals surface area (Å²) in [7, 11) is 0. The van der Waals surface area contributed by atoms with Crippen molar-refractivity contribution in [1.29, 1.82) is 0 Å². The van der Waals surface area contributed by atoms with Gasteiger partial charge in [-0.3, -0.25) is 9.59 Å². The largest absolute Gasteiger partial charge is 0.398 e. The number of nitrogens with two attached hydrogens (primary N) is 1. The molecule has 1 aromatic rings. The van der Waals surface area contributed by atoms with E-state index in [1.165, 1.54) is 25.9 Å². The highest BCUT2D eigenvalue weighted by Crippen LogP contribution is 2.21. The van der Waals surface area contributed by atoms with Crippen LogP contribution in [0.15, 0.2) is 24.3 Å². The summed E-state index contributed by atoms with van der Waals surface area (Å²) < 4.78 is 0. The van der Waals surface area contributed by atoms with E-state index in [2.05, 4.69) is 10.2 Å². The Labute approximate surface area is 155 Å². The summed E-state index contributed by atoms with van der Waals surface area (Å²) in [6.07, 6.45) is 5.06. The molecule has 0 aromatic heterocycles. The molecular formula is C20H30N4O2. The number of hydrogen-bond acceptors (Lipinski definition) is 4. The number of carbonyl (C=O) groups is 2. The SMILES string of the molecule is Nc1ccccc1C(=O)N1CCC(C(=O)NCCCN2CCCC2)CC1. The van der Waals surface area contributed by atoms with Crippen molar-refractivity contribution < 1.29 is 9.59 Å². The van der Waals surface area contributed by atoms with Crippen molar-refractivity contribution in [3.05, 3.63) is 29.8 Å². The summed E-state index contributed by atoms with van der Waals surface area (Å²) in [6.45, 7) is 5.44. The van der Waals surface area contributed by atoms with Crippen LogP contribution in [0.4, 0.5) is 5.69 Å².